The van der Waals surface area contributed by atoms with Crippen LogP contribution in [0.4, 0.5) is 5.69 Å². The lowest BCUT2D eigenvalue weighted by molar-refractivity contribution is -0.116. The number of aryl methyl sites for hydroxylation is 1. The van der Waals surface area contributed by atoms with Crippen LogP contribution in [-0.4, -0.2) is 55.9 Å². The van der Waals surface area contributed by atoms with E-state index >= 15 is 0 Å². The molecule has 1 aromatic heterocycles. The van der Waals surface area contributed by atoms with Gasteiger partial charge in [0.05, 0.1) is 10.9 Å². The van der Waals surface area contributed by atoms with Gasteiger partial charge in [0, 0.05) is 26.3 Å². The molecule has 1 aromatic rings. The van der Waals surface area contributed by atoms with Gasteiger partial charge in [-0.3, -0.25) is 4.79 Å². The minimum atomic E-state index is -0.0357. The van der Waals surface area contributed by atoms with E-state index in [1.54, 1.807) is 23.5 Å². The number of anilines is 1. The maximum Gasteiger partial charge on any atom is 0.238 e. The van der Waals surface area contributed by atoms with Crippen LogP contribution >= 0.6 is 58.8 Å². The average molecular weight is 639 g/mol. The van der Waals surface area contributed by atoms with E-state index in [4.69, 9.17) is 4.98 Å². The first-order valence-corrected chi connectivity index (χ1v) is 21.0. The molecule has 1 N–H and O–H groups in total. The molecule has 1 amide bonds. The largest absolute Gasteiger partial charge is 0.322 e. The molecule has 1 aliphatic heterocycles. The van der Waals surface area contributed by atoms with Crippen molar-refractivity contribution in [3.05, 3.63) is 23.9 Å². The number of thioether (sulfide) groups is 5. The molecule has 8 heteroatoms. The average Bonchev–Trinajstić information content (AvgIpc) is 2.99. The quantitative estimate of drug-likeness (QED) is 0.124. The van der Waals surface area contributed by atoms with Crippen LogP contribution in [0.5, 0.6) is 0 Å². The lowest BCUT2D eigenvalue weighted by Crippen LogP contribution is -2.35. The van der Waals surface area contributed by atoms with E-state index < -0.39 is 0 Å². The minimum Gasteiger partial charge on any atom is -0.322 e. The number of rotatable bonds is 14. The monoisotopic (exact) mass is 638 g/mol. The van der Waals surface area contributed by atoms with Crippen LogP contribution in [-0.2, 0) is 4.79 Å². The molecule has 0 spiro atoms. The van der Waals surface area contributed by atoms with Crippen LogP contribution in [0.15, 0.2) is 28.1 Å². The number of amides is 1. The second-order valence-corrected chi connectivity index (χ2v) is 17.4. The van der Waals surface area contributed by atoms with Gasteiger partial charge in [-0.15, -0.1) is 35.3 Å². The van der Waals surface area contributed by atoms with Gasteiger partial charge in [0.25, 0.3) is 0 Å². The molecule has 4 rings (SSSR count). The van der Waals surface area contributed by atoms with Crippen molar-refractivity contribution >= 4 is 70.4 Å². The zero-order chi connectivity index (χ0) is 28.2. The molecule has 40 heavy (non-hydrogen) atoms. The van der Waals surface area contributed by atoms with E-state index in [-0.39, 0.29) is 11.2 Å². The molecule has 2 fully saturated rings. The van der Waals surface area contributed by atoms with Crippen molar-refractivity contribution in [3.63, 3.8) is 0 Å². The van der Waals surface area contributed by atoms with Crippen molar-refractivity contribution in [2.45, 2.75) is 128 Å². The van der Waals surface area contributed by atoms with Gasteiger partial charge in [-0.05, 0) is 94.3 Å². The van der Waals surface area contributed by atoms with Crippen LogP contribution in [0.25, 0.3) is 0 Å². The lowest BCUT2D eigenvalue weighted by Gasteiger charge is -2.31. The maximum atomic E-state index is 13.9. The van der Waals surface area contributed by atoms with Gasteiger partial charge in [-0.25, -0.2) is 4.98 Å². The van der Waals surface area contributed by atoms with Crippen LogP contribution < -0.4 is 5.32 Å². The smallest absolute Gasteiger partial charge is 0.238 e. The third-order valence-electron chi connectivity index (χ3n) is 8.41. The maximum absolute atomic E-state index is 13.9. The molecule has 3 unspecified atom stereocenters. The number of hydrogen-bond donors (Lipinski definition) is 1. The van der Waals surface area contributed by atoms with Crippen molar-refractivity contribution in [1.29, 1.82) is 0 Å². The van der Waals surface area contributed by atoms with Crippen LogP contribution in [0.1, 0.15) is 95.6 Å². The number of nitrogens with one attached hydrogen (secondary N) is 1. The number of carbonyl (C=O) groups excluding carboxylic acids is 1. The topological polar surface area (TPSA) is 42.0 Å². The standard InChI is InChI=1S/C32H50N2OS5/c1-23-22-28(36-2)29(32(33-23)37-3)34-31(35)30-24(12-10-20-38-25-13-6-4-7-14-25)18-19-27(40-30)17-11-21-39-26-15-8-5-9-16-26/h18-19,22,24-27,30H,4-17,20-21H2,1-3H3,(H,34,35). The summed E-state index contributed by atoms with van der Waals surface area (Å²) in [5.41, 5.74) is 1.90. The van der Waals surface area contributed by atoms with E-state index in [0.717, 1.165) is 38.2 Å². The molecule has 2 heterocycles. The first-order valence-electron chi connectivity index (χ1n) is 15.5. The summed E-state index contributed by atoms with van der Waals surface area (Å²) in [6.07, 6.45) is 27.8. The van der Waals surface area contributed by atoms with Crippen molar-refractivity contribution in [2.75, 3.05) is 29.3 Å². The number of carbonyl (C=O) groups is 1. The third kappa shape index (κ3) is 10.4. The fourth-order valence-corrected chi connectivity index (χ4v) is 11.6. The Labute approximate surface area is 265 Å². The highest BCUT2D eigenvalue weighted by Gasteiger charge is 2.33. The predicted octanol–water partition coefficient (Wildman–Crippen LogP) is 10.1. The highest BCUT2D eigenvalue weighted by molar-refractivity contribution is 8.01. The number of hydrogen-bond acceptors (Lipinski definition) is 7. The van der Waals surface area contributed by atoms with E-state index in [0.29, 0.717) is 11.2 Å². The van der Waals surface area contributed by atoms with Crippen molar-refractivity contribution < 1.29 is 4.79 Å². The molecule has 2 aliphatic carbocycles. The molecular formula is C32H50N2OS5. The lowest BCUT2D eigenvalue weighted by atomic mass is 9.96. The number of nitrogens with zero attached hydrogens (tertiary/aromatic N) is 1. The zero-order valence-corrected chi connectivity index (χ0v) is 28.9. The fourth-order valence-electron chi connectivity index (χ4n) is 6.17. The number of allylic oxidation sites excluding steroid dienone is 1. The Balaban J connectivity index is 1.36. The summed E-state index contributed by atoms with van der Waals surface area (Å²) < 4.78 is 0. The molecule has 3 atom stereocenters. The zero-order valence-electron chi connectivity index (χ0n) is 24.8. The second kappa shape index (κ2) is 18.0. The molecule has 224 valence electrons. The second-order valence-electron chi connectivity index (χ2n) is 11.5. The first-order chi connectivity index (χ1) is 19.6. The van der Waals surface area contributed by atoms with Gasteiger partial charge in [0.1, 0.15) is 5.03 Å². The van der Waals surface area contributed by atoms with Gasteiger partial charge >= 0.3 is 0 Å². The molecule has 3 aliphatic rings. The summed E-state index contributed by atoms with van der Waals surface area (Å²) in [4.78, 5) is 19.8. The number of pyridine rings is 1. The van der Waals surface area contributed by atoms with Gasteiger partial charge < -0.3 is 5.32 Å². The molecule has 2 saturated carbocycles. The first kappa shape index (κ1) is 33.0. The Bertz CT molecular complexity index is 920. The van der Waals surface area contributed by atoms with E-state index in [9.17, 15) is 4.79 Å². The third-order valence-corrected chi connectivity index (χ3v) is 14.4. The summed E-state index contributed by atoms with van der Waals surface area (Å²) in [6.45, 7) is 2.03. The molecule has 0 radical (unpaired) electrons. The normalized spacial score (nSPS) is 24.3. The summed E-state index contributed by atoms with van der Waals surface area (Å²) in [5.74, 6) is 2.96. The predicted molar refractivity (Wildman–Crippen MR) is 186 cm³/mol. The summed E-state index contributed by atoms with van der Waals surface area (Å²) in [6, 6.07) is 2.10. The Kier molecular flexibility index (Phi) is 14.9. The molecule has 0 aromatic carbocycles. The molecule has 0 bridgehead atoms. The Morgan fingerprint density at radius 3 is 2.12 bits per heavy atom. The summed E-state index contributed by atoms with van der Waals surface area (Å²) >= 11 is 9.62. The molecular weight excluding hydrogens is 589 g/mol. The van der Waals surface area contributed by atoms with Gasteiger partial charge in [-0.2, -0.15) is 23.5 Å². The van der Waals surface area contributed by atoms with Crippen molar-refractivity contribution in [3.8, 4) is 0 Å². The van der Waals surface area contributed by atoms with Crippen LogP contribution in [0.2, 0.25) is 0 Å². The fraction of sp³-hybridized carbons (Fsp3) is 0.750. The van der Waals surface area contributed by atoms with E-state index in [2.05, 4.69) is 53.3 Å². The molecule has 0 saturated heterocycles. The summed E-state index contributed by atoms with van der Waals surface area (Å²) in [7, 11) is 0. The van der Waals surface area contributed by atoms with Crippen LogP contribution in [0, 0.1) is 12.8 Å². The Morgan fingerprint density at radius 2 is 1.52 bits per heavy atom. The highest BCUT2D eigenvalue weighted by atomic mass is 32.2. The van der Waals surface area contributed by atoms with Gasteiger partial charge in [0.15, 0.2) is 0 Å². The van der Waals surface area contributed by atoms with Crippen molar-refractivity contribution in [2.24, 2.45) is 5.92 Å². The molecule has 3 nitrogen and oxygen atoms in total. The van der Waals surface area contributed by atoms with E-state index in [1.807, 2.05) is 24.9 Å². The SMILES string of the molecule is CSc1cc(C)nc(SC)c1NC(=O)C1SC(CCCSC2CCCCC2)C=CC1CCCSC1CCCCC1. The minimum absolute atomic E-state index is 0.0357. The van der Waals surface area contributed by atoms with Crippen molar-refractivity contribution in [1.82, 2.24) is 4.98 Å². The Hall–Kier alpha value is 0.110. The van der Waals surface area contributed by atoms with Crippen LogP contribution in [0.3, 0.4) is 0 Å². The highest BCUT2D eigenvalue weighted by Crippen LogP contribution is 2.40. The number of aromatic nitrogens is 1. The Morgan fingerprint density at radius 1 is 0.900 bits per heavy atom. The van der Waals surface area contributed by atoms with E-state index in [1.165, 1.54) is 95.0 Å². The van der Waals surface area contributed by atoms with Gasteiger partial charge in [0.2, 0.25) is 5.91 Å². The van der Waals surface area contributed by atoms with Gasteiger partial charge in [-0.1, -0.05) is 50.7 Å². The summed E-state index contributed by atoms with van der Waals surface area (Å²) in [5, 5.41) is 6.45.